The summed E-state index contributed by atoms with van der Waals surface area (Å²) < 4.78 is 11.5. The number of carbonyl (C=O) groups excluding carboxylic acids is 1. The molecule has 5 nitrogen and oxygen atoms in total. The van der Waals surface area contributed by atoms with Gasteiger partial charge in [0.25, 0.3) is 0 Å². The topological polar surface area (TPSA) is 50.8 Å². The summed E-state index contributed by atoms with van der Waals surface area (Å²) >= 11 is 0. The molecule has 0 saturated heterocycles. The van der Waals surface area contributed by atoms with E-state index in [1.807, 2.05) is 19.1 Å². The zero-order chi connectivity index (χ0) is 18.2. The molecule has 2 rings (SSSR count). The third kappa shape index (κ3) is 5.49. The van der Waals surface area contributed by atoms with E-state index < -0.39 is 0 Å². The van der Waals surface area contributed by atoms with Crippen molar-refractivity contribution in [2.24, 2.45) is 0 Å². The van der Waals surface area contributed by atoms with Crippen molar-refractivity contribution in [2.45, 2.75) is 40.2 Å². The quantitative estimate of drug-likeness (QED) is 0.699. The van der Waals surface area contributed by atoms with Gasteiger partial charge in [-0.25, -0.2) is 0 Å². The van der Waals surface area contributed by atoms with E-state index in [1.165, 1.54) is 0 Å². The molecule has 1 aliphatic heterocycles. The molecule has 0 aliphatic carbocycles. The Labute approximate surface area is 151 Å². The third-order valence-corrected chi connectivity index (χ3v) is 4.36. The first kappa shape index (κ1) is 19.3. The second-order valence-electron chi connectivity index (χ2n) is 6.21. The molecule has 0 aromatic heterocycles. The predicted molar refractivity (Wildman–Crippen MR) is 101 cm³/mol. The van der Waals surface area contributed by atoms with Crippen molar-refractivity contribution < 1.29 is 14.3 Å². The highest BCUT2D eigenvalue weighted by atomic mass is 16.5. The second kappa shape index (κ2) is 9.47. The first-order valence-corrected chi connectivity index (χ1v) is 9.21. The van der Waals surface area contributed by atoms with Crippen LogP contribution in [0.5, 0.6) is 11.5 Å². The van der Waals surface area contributed by atoms with Gasteiger partial charge < -0.3 is 19.7 Å². The Morgan fingerprint density at radius 2 is 2.12 bits per heavy atom. The van der Waals surface area contributed by atoms with Crippen LogP contribution in [0.15, 0.2) is 18.2 Å². The number of amides is 1. The Bertz CT molecular complexity index is 609. The highest BCUT2D eigenvalue weighted by Gasteiger charge is 2.21. The molecule has 0 fully saturated rings. The molecule has 5 heteroatoms. The average Bonchev–Trinajstić information content (AvgIpc) is 2.96. The summed E-state index contributed by atoms with van der Waals surface area (Å²) in [6, 6.07) is 3.99. The van der Waals surface area contributed by atoms with Crippen LogP contribution in [0.1, 0.15) is 38.8 Å². The Kier molecular flexibility index (Phi) is 7.31. The molecule has 1 aromatic rings. The fourth-order valence-electron chi connectivity index (χ4n) is 2.97. The van der Waals surface area contributed by atoms with Gasteiger partial charge in [0, 0.05) is 36.7 Å². The molecule has 1 amide bonds. The van der Waals surface area contributed by atoms with Gasteiger partial charge in [-0.3, -0.25) is 4.79 Å². The van der Waals surface area contributed by atoms with Crippen LogP contribution >= 0.6 is 0 Å². The number of fused-ring (bicyclic) bond motifs is 1. The Morgan fingerprint density at radius 1 is 1.36 bits per heavy atom. The average molecular weight is 346 g/mol. The maximum atomic E-state index is 12.0. The third-order valence-electron chi connectivity index (χ3n) is 4.36. The molecule has 0 saturated carbocycles. The predicted octanol–water partition coefficient (Wildman–Crippen LogP) is 2.88. The number of ether oxygens (including phenoxy) is 2. The van der Waals surface area contributed by atoms with E-state index >= 15 is 0 Å². The van der Waals surface area contributed by atoms with Gasteiger partial charge in [-0.2, -0.15) is 0 Å². The zero-order valence-electron chi connectivity index (χ0n) is 15.8. The van der Waals surface area contributed by atoms with Gasteiger partial charge in [0.1, 0.15) is 17.6 Å². The number of rotatable bonds is 9. The summed E-state index contributed by atoms with van der Waals surface area (Å²) in [6.07, 6.45) is 4.44. The first-order chi connectivity index (χ1) is 12.1. The lowest BCUT2D eigenvalue weighted by Gasteiger charge is -2.17. The summed E-state index contributed by atoms with van der Waals surface area (Å²) in [7, 11) is 0. The normalized spacial score (nSPS) is 16.1. The minimum atomic E-state index is -0.0932. The molecule has 138 valence electrons. The van der Waals surface area contributed by atoms with Gasteiger partial charge in [-0.15, -0.1) is 0 Å². The highest BCUT2D eigenvalue weighted by molar-refractivity contribution is 5.92. The van der Waals surface area contributed by atoms with E-state index in [4.69, 9.17) is 9.47 Å². The van der Waals surface area contributed by atoms with E-state index in [-0.39, 0.29) is 12.0 Å². The van der Waals surface area contributed by atoms with Crippen molar-refractivity contribution in [3.05, 3.63) is 29.3 Å². The second-order valence-corrected chi connectivity index (χ2v) is 6.21. The molecule has 1 aliphatic rings. The van der Waals surface area contributed by atoms with Gasteiger partial charge >= 0.3 is 0 Å². The van der Waals surface area contributed by atoms with Gasteiger partial charge in [0.05, 0.1) is 6.61 Å². The molecule has 0 bridgehead atoms. The SMILES string of the molecule is CCOc1cc2c(cc1/C=C/C(=O)NCCN(CC)CC)OC(C)C2. The lowest BCUT2D eigenvalue weighted by Crippen LogP contribution is -2.34. The van der Waals surface area contributed by atoms with Crippen LogP contribution in [-0.2, 0) is 11.2 Å². The molecule has 0 radical (unpaired) electrons. The smallest absolute Gasteiger partial charge is 0.244 e. The van der Waals surface area contributed by atoms with Crippen molar-refractivity contribution in [1.82, 2.24) is 10.2 Å². The summed E-state index contributed by atoms with van der Waals surface area (Å²) in [6.45, 7) is 12.3. The summed E-state index contributed by atoms with van der Waals surface area (Å²) in [4.78, 5) is 14.3. The van der Waals surface area contributed by atoms with Crippen molar-refractivity contribution >= 4 is 12.0 Å². The van der Waals surface area contributed by atoms with E-state index in [0.29, 0.717) is 13.2 Å². The molecule has 1 heterocycles. The fraction of sp³-hybridized carbons (Fsp3) is 0.550. The molecule has 1 unspecified atom stereocenters. The van der Waals surface area contributed by atoms with Crippen molar-refractivity contribution in [1.29, 1.82) is 0 Å². The van der Waals surface area contributed by atoms with Crippen molar-refractivity contribution in [3.8, 4) is 11.5 Å². The van der Waals surface area contributed by atoms with Gasteiger partial charge in [-0.05, 0) is 45.1 Å². The lowest BCUT2D eigenvalue weighted by atomic mass is 10.1. The van der Waals surface area contributed by atoms with Crippen LogP contribution < -0.4 is 14.8 Å². The van der Waals surface area contributed by atoms with Gasteiger partial charge in [0.2, 0.25) is 5.91 Å². The van der Waals surface area contributed by atoms with Crippen molar-refractivity contribution in [2.75, 3.05) is 32.8 Å². The highest BCUT2D eigenvalue weighted by Crippen LogP contribution is 2.35. The minimum Gasteiger partial charge on any atom is -0.493 e. The number of nitrogens with zero attached hydrogens (tertiary/aromatic N) is 1. The summed E-state index contributed by atoms with van der Waals surface area (Å²) in [5.74, 6) is 1.59. The fourth-order valence-corrected chi connectivity index (χ4v) is 2.97. The maximum absolute atomic E-state index is 12.0. The zero-order valence-corrected chi connectivity index (χ0v) is 15.8. The van der Waals surface area contributed by atoms with Gasteiger partial charge in [-0.1, -0.05) is 13.8 Å². The van der Waals surface area contributed by atoms with Gasteiger partial charge in [0.15, 0.2) is 0 Å². The number of nitrogens with one attached hydrogen (secondary N) is 1. The molecule has 25 heavy (non-hydrogen) atoms. The Hall–Kier alpha value is -2.01. The molecule has 1 N–H and O–H groups in total. The van der Waals surface area contributed by atoms with Crippen LogP contribution in [0, 0.1) is 0 Å². The summed E-state index contributed by atoms with van der Waals surface area (Å²) in [5, 5.41) is 2.92. The number of carbonyl (C=O) groups is 1. The largest absolute Gasteiger partial charge is 0.493 e. The summed E-state index contributed by atoms with van der Waals surface area (Å²) in [5.41, 5.74) is 2.03. The molecular weight excluding hydrogens is 316 g/mol. The maximum Gasteiger partial charge on any atom is 0.244 e. The number of likely N-dealkylation sites (N-methyl/N-ethyl adjacent to an activating group) is 1. The molecule has 1 atom stereocenters. The van der Waals surface area contributed by atoms with Crippen molar-refractivity contribution in [3.63, 3.8) is 0 Å². The number of benzene rings is 1. The van der Waals surface area contributed by atoms with Crippen LogP contribution in [0.3, 0.4) is 0 Å². The van der Waals surface area contributed by atoms with Crippen LogP contribution in [0.4, 0.5) is 0 Å². The first-order valence-electron chi connectivity index (χ1n) is 9.21. The standard InChI is InChI=1S/C20H30N2O3/c1-5-22(6-2)11-10-21-20(23)9-8-16-13-19-17(12-15(4)25-19)14-18(16)24-7-3/h8-9,13-15H,5-7,10-12H2,1-4H3,(H,21,23)/b9-8+. The Balaban J connectivity index is 1.99. The van der Waals surface area contributed by atoms with E-state index in [0.717, 1.165) is 48.7 Å². The Morgan fingerprint density at radius 3 is 2.80 bits per heavy atom. The molecule has 0 spiro atoms. The molecule has 1 aromatic carbocycles. The van der Waals surface area contributed by atoms with E-state index in [1.54, 1.807) is 12.2 Å². The van der Waals surface area contributed by atoms with Crippen LogP contribution in [0.25, 0.3) is 6.08 Å². The van der Waals surface area contributed by atoms with Crippen LogP contribution in [0.2, 0.25) is 0 Å². The minimum absolute atomic E-state index is 0.0932. The lowest BCUT2D eigenvalue weighted by molar-refractivity contribution is -0.116. The van der Waals surface area contributed by atoms with E-state index in [9.17, 15) is 4.79 Å². The number of hydrogen-bond acceptors (Lipinski definition) is 4. The van der Waals surface area contributed by atoms with E-state index in [2.05, 4.69) is 31.0 Å². The number of hydrogen-bond donors (Lipinski definition) is 1. The monoisotopic (exact) mass is 346 g/mol. The molecular formula is C20H30N2O3. The van der Waals surface area contributed by atoms with Crippen LogP contribution in [-0.4, -0.2) is 49.7 Å².